The summed E-state index contributed by atoms with van der Waals surface area (Å²) in [5, 5.41) is 14.8. The molecule has 0 bridgehead atoms. The normalized spacial score (nSPS) is 10.3. The molecule has 0 fully saturated rings. The Balaban J connectivity index is 1.86. The number of rotatable bonds is 3. The molecule has 0 aromatic heterocycles. The summed E-state index contributed by atoms with van der Waals surface area (Å²) in [7, 11) is 0. The molecule has 0 aliphatic carbocycles. The lowest BCUT2D eigenvalue weighted by Crippen LogP contribution is -2.32. The van der Waals surface area contributed by atoms with Gasteiger partial charge in [-0.05, 0) is 48.1 Å². The molecule has 0 aliphatic rings. The van der Waals surface area contributed by atoms with Gasteiger partial charge in [-0.3, -0.25) is 10.1 Å². The van der Waals surface area contributed by atoms with Gasteiger partial charge in [0.2, 0.25) is 5.91 Å². The van der Waals surface area contributed by atoms with Gasteiger partial charge in [0.1, 0.15) is 5.75 Å². The van der Waals surface area contributed by atoms with Gasteiger partial charge < -0.3 is 10.4 Å². The Morgan fingerprint density at radius 2 is 1.71 bits per heavy atom. The van der Waals surface area contributed by atoms with E-state index in [4.69, 9.17) is 12.2 Å². The van der Waals surface area contributed by atoms with Gasteiger partial charge in [0.15, 0.2) is 5.11 Å². The average molecular weight is 298 g/mol. The van der Waals surface area contributed by atoms with Gasteiger partial charge in [0.05, 0.1) is 0 Å². The summed E-state index contributed by atoms with van der Waals surface area (Å²) >= 11 is 5.04. The smallest absolute Gasteiger partial charge is 0.250 e. The Hall–Kier alpha value is -2.66. The van der Waals surface area contributed by atoms with E-state index >= 15 is 0 Å². The van der Waals surface area contributed by atoms with Gasteiger partial charge in [-0.25, -0.2) is 0 Å². The van der Waals surface area contributed by atoms with Crippen LogP contribution >= 0.6 is 12.2 Å². The predicted molar refractivity (Wildman–Crippen MR) is 87.9 cm³/mol. The first kappa shape index (κ1) is 14.7. The van der Waals surface area contributed by atoms with Gasteiger partial charge in [-0.15, -0.1) is 0 Å². The standard InChI is InChI=1S/C16H14N2O2S/c19-14-9-7-13(8-10-14)17-16(21)18-15(20)11-6-12-4-2-1-3-5-12/h1-11,19H,(H2,17,18,20,21)/b11-6+. The van der Waals surface area contributed by atoms with E-state index in [0.717, 1.165) is 5.56 Å². The second kappa shape index (κ2) is 7.21. The zero-order valence-corrected chi connectivity index (χ0v) is 11.9. The lowest BCUT2D eigenvalue weighted by atomic mass is 10.2. The van der Waals surface area contributed by atoms with Crippen LogP contribution in [0.5, 0.6) is 5.75 Å². The maximum atomic E-state index is 11.7. The number of carbonyl (C=O) groups excluding carboxylic acids is 1. The summed E-state index contributed by atoms with van der Waals surface area (Å²) in [5.74, 6) is -0.142. The lowest BCUT2D eigenvalue weighted by Gasteiger charge is -2.07. The minimum Gasteiger partial charge on any atom is -0.508 e. The maximum absolute atomic E-state index is 11.7. The summed E-state index contributed by atoms with van der Waals surface area (Å²) in [5.41, 5.74) is 1.62. The fourth-order valence-corrected chi connectivity index (χ4v) is 1.82. The van der Waals surface area contributed by atoms with E-state index in [1.807, 2.05) is 30.3 Å². The number of phenols is 1. The van der Waals surface area contributed by atoms with E-state index in [1.54, 1.807) is 18.2 Å². The summed E-state index contributed by atoms with van der Waals surface area (Å²) in [4.78, 5) is 11.7. The number of carbonyl (C=O) groups is 1. The van der Waals surface area contributed by atoms with Crippen LogP contribution in [-0.4, -0.2) is 16.1 Å². The first-order valence-electron chi connectivity index (χ1n) is 6.27. The van der Waals surface area contributed by atoms with Crippen LogP contribution in [0.15, 0.2) is 60.7 Å². The molecule has 0 radical (unpaired) electrons. The molecule has 2 aromatic rings. The topological polar surface area (TPSA) is 61.4 Å². The molecule has 2 aromatic carbocycles. The molecule has 0 saturated heterocycles. The monoisotopic (exact) mass is 298 g/mol. The molecule has 0 saturated carbocycles. The molecule has 4 nitrogen and oxygen atoms in total. The molecule has 0 heterocycles. The number of nitrogens with one attached hydrogen (secondary N) is 2. The van der Waals surface area contributed by atoms with E-state index < -0.39 is 0 Å². The Bertz CT molecular complexity index is 652. The first-order chi connectivity index (χ1) is 10.1. The fraction of sp³-hybridized carbons (Fsp3) is 0. The number of phenolic OH excluding ortho intramolecular Hbond substituents is 1. The third-order valence-electron chi connectivity index (χ3n) is 2.59. The van der Waals surface area contributed by atoms with Crippen LogP contribution in [0.3, 0.4) is 0 Å². The number of hydrogen-bond acceptors (Lipinski definition) is 3. The molecule has 0 unspecified atom stereocenters. The molecule has 0 spiro atoms. The Kier molecular flexibility index (Phi) is 5.06. The maximum Gasteiger partial charge on any atom is 0.250 e. The first-order valence-corrected chi connectivity index (χ1v) is 6.68. The SMILES string of the molecule is O=C(/C=C/c1ccccc1)NC(=S)Nc1ccc(O)cc1. The highest BCUT2D eigenvalue weighted by Gasteiger charge is 2.01. The number of aromatic hydroxyl groups is 1. The summed E-state index contributed by atoms with van der Waals surface area (Å²) in [6.45, 7) is 0. The van der Waals surface area contributed by atoms with E-state index in [-0.39, 0.29) is 16.8 Å². The van der Waals surface area contributed by atoms with Crippen molar-refractivity contribution < 1.29 is 9.90 Å². The highest BCUT2D eigenvalue weighted by molar-refractivity contribution is 7.80. The van der Waals surface area contributed by atoms with Crippen molar-refractivity contribution in [2.75, 3.05) is 5.32 Å². The van der Waals surface area contributed by atoms with Gasteiger partial charge >= 0.3 is 0 Å². The Labute approximate surface area is 128 Å². The molecular formula is C16H14N2O2S. The molecule has 2 rings (SSSR count). The summed E-state index contributed by atoms with van der Waals surface area (Å²) < 4.78 is 0. The number of hydrogen-bond donors (Lipinski definition) is 3. The van der Waals surface area contributed by atoms with Crippen LogP contribution in [0, 0.1) is 0 Å². The van der Waals surface area contributed by atoms with Crippen LogP contribution in [0.1, 0.15) is 5.56 Å². The number of thiocarbonyl (C=S) groups is 1. The van der Waals surface area contributed by atoms with E-state index in [9.17, 15) is 9.90 Å². The van der Waals surface area contributed by atoms with Crippen LogP contribution < -0.4 is 10.6 Å². The minimum atomic E-state index is -0.310. The van der Waals surface area contributed by atoms with Gasteiger partial charge in [-0.1, -0.05) is 30.3 Å². The molecule has 0 atom stereocenters. The highest BCUT2D eigenvalue weighted by atomic mass is 32.1. The third kappa shape index (κ3) is 5.08. The van der Waals surface area contributed by atoms with E-state index in [1.165, 1.54) is 18.2 Å². The summed E-state index contributed by atoms with van der Waals surface area (Å²) in [6, 6.07) is 15.9. The largest absolute Gasteiger partial charge is 0.508 e. The van der Waals surface area contributed by atoms with Gasteiger partial charge in [-0.2, -0.15) is 0 Å². The Morgan fingerprint density at radius 3 is 2.38 bits per heavy atom. The van der Waals surface area contributed by atoms with Crippen molar-refractivity contribution in [2.45, 2.75) is 0 Å². The highest BCUT2D eigenvalue weighted by Crippen LogP contribution is 2.13. The van der Waals surface area contributed by atoms with Crippen molar-refractivity contribution in [3.05, 3.63) is 66.2 Å². The fourth-order valence-electron chi connectivity index (χ4n) is 1.60. The van der Waals surface area contributed by atoms with Crippen molar-refractivity contribution in [1.82, 2.24) is 5.32 Å². The van der Waals surface area contributed by atoms with E-state index in [0.29, 0.717) is 5.69 Å². The molecule has 3 N–H and O–H groups in total. The molecule has 0 aliphatic heterocycles. The van der Waals surface area contributed by atoms with Crippen molar-refractivity contribution in [3.63, 3.8) is 0 Å². The summed E-state index contributed by atoms with van der Waals surface area (Å²) in [6.07, 6.45) is 3.12. The molecule has 1 amide bonds. The number of anilines is 1. The van der Waals surface area contributed by atoms with Gasteiger partial charge in [0.25, 0.3) is 0 Å². The van der Waals surface area contributed by atoms with Crippen molar-refractivity contribution in [1.29, 1.82) is 0 Å². The Morgan fingerprint density at radius 1 is 1.05 bits per heavy atom. The van der Waals surface area contributed by atoms with Crippen LogP contribution in [0.25, 0.3) is 6.08 Å². The molecule has 21 heavy (non-hydrogen) atoms. The van der Waals surface area contributed by atoms with Crippen molar-refractivity contribution >= 4 is 35.0 Å². The van der Waals surface area contributed by atoms with Crippen molar-refractivity contribution in [3.8, 4) is 5.75 Å². The average Bonchev–Trinajstić information content (AvgIpc) is 2.48. The zero-order chi connectivity index (χ0) is 15.1. The second-order valence-electron chi connectivity index (χ2n) is 4.23. The van der Waals surface area contributed by atoms with Crippen LogP contribution in [0.4, 0.5) is 5.69 Å². The number of amides is 1. The van der Waals surface area contributed by atoms with Crippen LogP contribution in [0.2, 0.25) is 0 Å². The third-order valence-corrected chi connectivity index (χ3v) is 2.79. The van der Waals surface area contributed by atoms with Crippen LogP contribution in [-0.2, 0) is 4.79 Å². The molecular weight excluding hydrogens is 284 g/mol. The minimum absolute atomic E-state index is 0.168. The number of benzene rings is 2. The molecule has 106 valence electrons. The lowest BCUT2D eigenvalue weighted by molar-refractivity contribution is -0.115. The zero-order valence-electron chi connectivity index (χ0n) is 11.1. The van der Waals surface area contributed by atoms with Crippen molar-refractivity contribution in [2.24, 2.45) is 0 Å². The van der Waals surface area contributed by atoms with E-state index in [2.05, 4.69) is 10.6 Å². The van der Waals surface area contributed by atoms with Gasteiger partial charge in [0, 0.05) is 11.8 Å². The predicted octanol–water partition coefficient (Wildman–Crippen LogP) is 2.92. The molecule has 5 heteroatoms. The second-order valence-corrected chi connectivity index (χ2v) is 4.64. The quantitative estimate of drug-likeness (QED) is 0.463.